The highest BCUT2D eigenvalue weighted by molar-refractivity contribution is 8.23. The van der Waals surface area contributed by atoms with E-state index in [4.69, 9.17) is 4.74 Å². The van der Waals surface area contributed by atoms with E-state index >= 15 is 0 Å². The Kier molecular flexibility index (Phi) is 6.99. The quantitative estimate of drug-likeness (QED) is 0.527. The molecule has 1 heterocycles. The lowest BCUT2D eigenvalue weighted by atomic mass is 10.0. The molecule has 2 rings (SSSR count). The van der Waals surface area contributed by atoms with Crippen molar-refractivity contribution < 1.29 is 33.3 Å². The van der Waals surface area contributed by atoms with Gasteiger partial charge in [-0.3, -0.25) is 13.9 Å². The van der Waals surface area contributed by atoms with Crippen LogP contribution in [0.3, 0.4) is 0 Å². The largest absolute Gasteiger partial charge is 0.480 e. The van der Waals surface area contributed by atoms with E-state index < -0.39 is 45.3 Å². The highest BCUT2D eigenvalue weighted by Gasteiger charge is 2.49. The summed E-state index contributed by atoms with van der Waals surface area (Å²) < 4.78 is 27.8. The first-order valence-electron chi connectivity index (χ1n) is 9.94. The maximum absolute atomic E-state index is 12.4. The normalized spacial score (nSPS) is 20.8. The van der Waals surface area contributed by atoms with Crippen LogP contribution in [0.15, 0.2) is 24.3 Å². The predicted molar refractivity (Wildman–Crippen MR) is 118 cm³/mol. The molecule has 1 aromatic carbocycles. The third-order valence-corrected chi connectivity index (χ3v) is 7.12. The van der Waals surface area contributed by atoms with Crippen molar-refractivity contribution in [1.82, 2.24) is 9.62 Å². The van der Waals surface area contributed by atoms with Crippen molar-refractivity contribution in [1.29, 1.82) is 0 Å². The highest BCUT2D eigenvalue weighted by Crippen LogP contribution is 2.65. The fraction of sp³-hybridized carbons (Fsp3) is 0.571. The molecule has 0 saturated carbocycles. The monoisotopic (exact) mass is 456 g/mol. The topological polar surface area (TPSA) is 136 Å². The number of carboxylic acid groups (broad SMARTS) is 1. The summed E-state index contributed by atoms with van der Waals surface area (Å²) in [5.41, 5.74) is -0.277. The molecule has 1 aliphatic rings. The summed E-state index contributed by atoms with van der Waals surface area (Å²) in [6.07, 6.45) is -0.822. The second kappa shape index (κ2) is 8.68. The van der Waals surface area contributed by atoms with Crippen molar-refractivity contribution in [2.45, 2.75) is 76.8 Å². The molecule has 0 spiro atoms. The van der Waals surface area contributed by atoms with Crippen molar-refractivity contribution >= 4 is 28.7 Å². The lowest BCUT2D eigenvalue weighted by molar-refractivity contribution is -0.139. The first-order chi connectivity index (χ1) is 14.0. The second-order valence-corrected chi connectivity index (χ2v) is 11.7. The van der Waals surface area contributed by atoms with Crippen LogP contribution in [0.25, 0.3) is 0 Å². The Hall–Kier alpha value is -2.30. The Bertz CT molecular complexity index is 841. The zero-order chi connectivity index (χ0) is 23.8. The molecular weight excluding hydrogens is 424 g/mol. The molecule has 1 aliphatic heterocycles. The molecule has 0 aliphatic carbocycles. The molecule has 4 N–H and O–H groups in total. The number of carbonyl (C=O) groups is 3. The summed E-state index contributed by atoms with van der Waals surface area (Å²) in [5.74, 6) is -1.53. The van der Waals surface area contributed by atoms with Gasteiger partial charge in [-0.15, -0.1) is 10.8 Å². The van der Waals surface area contributed by atoms with E-state index in [2.05, 4.69) is 5.32 Å². The summed E-state index contributed by atoms with van der Waals surface area (Å²) in [4.78, 5) is 35.9. The minimum atomic E-state index is -3.35. The number of rotatable bonds is 5. The average molecular weight is 457 g/mol. The van der Waals surface area contributed by atoms with Gasteiger partial charge in [0.2, 0.25) is 5.91 Å². The number of hydrogen-bond donors (Lipinski definition) is 4. The zero-order valence-corrected chi connectivity index (χ0v) is 19.5. The average Bonchev–Trinajstić information content (AvgIpc) is 2.81. The minimum Gasteiger partial charge on any atom is -0.480 e. The number of carboxylic acids is 1. The van der Waals surface area contributed by atoms with Crippen LogP contribution in [-0.4, -0.2) is 53.7 Å². The van der Waals surface area contributed by atoms with Crippen LogP contribution in [0.2, 0.25) is 0 Å². The van der Waals surface area contributed by atoms with Gasteiger partial charge in [0.25, 0.3) is 0 Å². The summed E-state index contributed by atoms with van der Waals surface area (Å²) >= 11 is 0. The number of hydrogen-bond acceptors (Lipinski definition) is 6. The van der Waals surface area contributed by atoms with Crippen LogP contribution in [-0.2, 0) is 20.7 Å². The molecule has 2 atom stereocenters. The van der Waals surface area contributed by atoms with E-state index in [0.29, 0.717) is 11.1 Å². The minimum absolute atomic E-state index is 0.0167. The Morgan fingerprint density at radius 1 is 1.16 bits per heavy atom. The predicted octanol–water partition coefficient (Wildman–Crippen LogP) is 3.94. The van der Waals surface area contributed by atoms with Crippen LogP contribution in [0.5, 0.6) is 0 Å². The molecule has 0 aromatic heterocycles. The van der Waals surface area contributed by atoms with Crippen LogP contribution < -0.4 is 5.32 Å². The molecule has 31 heavy (non-hydrogen) atoms. The SMILES string of the molecule is CC(C)(C)OC(=O)NC(Cc1ccc(C2CC(=O)N(C(C)(C)C)S2(O)O)cc1)C(=O)O. The third kappa shape index (κ3) is 6.11. The molecule has 0 bridgehead atoms. The summed E-state index contributed by atoms with van der Waals surface area (Å²) in [7, 11) is -3.35. The van der Waals surface area contributed by atoms with Gasteiger partial charge in [0, 0.05) is 6.42 Å². The van der Waals surface area contributed by atoms with Gasteiger partial charge in [-0.1, -0.05) is 24.3 Å². The summed E-state index contributed by atoms with van der Waals surface area (Å²) in [5, 5.41) is 11.0. The van der Waals surface area contributed by atoms with Gasteiger partial charge in [-0.25, -0.2) is 13.9 Å². The van der Waals surface area contributed by atoms with E-state index in [0.717, 1.165) is 4.31 Å². The van der Waals surface area contributed by atoms with Gasteiger partial charge in [0.05, 0.1) is 12.0 Å². The van der Waals surface area contributed by atoms with E-state index in [9.17, 15) is 28.6 Å². The van der Waals surface area contributed by atoms with Crippen molar-refractivity contribution in [3.05, 3.63) is 35.4 Å². The van der Waals surface area contributed by atoms with E-state index in [1.165, 1.54) is 0 Å². The molecule has 174 valence electrons. The number of nitrogens with one attached hydrogen (secondary N) is 1. The Balaban J connectivity index is 2.15. The maximum atomic E-state index is 12.4. The van der Waals surface area contributed by atoms with Crippen LogP contribution in [0.4, 0.5) is 4.79 Å². The fourth-order valence-corrected chi connectivity index (χ4v) is 5.79. The van der Waals surface area contributed by atoms with Crippen LogP contribution >= 0.6 is 10.8 Å². The first kappa shape index (κ1) is 25.0. The van der Waals surface area contributed by atoms with E-state index in [1.807, 2.05) is 0 Å². The Labute approximate surface area is 184 Å². The van der Waals surface area contributed by atoms with Crippen LogP contribution in [0.1, 0.15) is 64.3 Å². The Morgan fingerprint density at radius 2 is 1.71 bits per heavy atom. The smallest absolute Gasteiger partial charge is 0.408 e. The summed E-state index contributed by atoms with van der Waals surface area (Å²) in [6, 6.07) is 5.43. The zero-order valence-electron chi connectivity index (χ0n) is 18.7. The number of nitrogens with zero attached hydrogens (tertiary/aromatic N) is 1. The lowest BCUT2D eigenvalue weighted by Crippen LogP contribution is -2.44. The molecule has 0 radical (unpaired) electrons. The molecule has 10 heteroatoms. The highest BCUT2D eigenvalue weighted by atomic mass is 32.3. The van der Waals surface area contributed by atoms with Crippen molar-refractivity contribution in [3.8, 4) is 0 Å². The van der Waals surface area contributed by atoms with E-state index in [1.54, 1.807) is 65.8 Å². The second-order valence-electron chi connectivity index (χ2n) is 9.60. The van der Waals surface area contributed by atoms with Crippen molar-refractivity contribution in [2.75, 3.05) is 0 Å². The van der Waals surface area contributed by atoms with Crippen LogP contribution in [0, 0.1) is 0 Å². The van der Waals surface area contributed by atoms with Gasteiger partial charge in [0.15, 0.2) is 0 Å². The standard InChI is InChI=1S/C21H32N2O7S/c1-20(2,3)23-17(24)12-16(31(23,28)29)14-9-7-13(8-10-14)11-15(18(25)26)22-19(27)30-21(4,5)6/h7-10,15-16,28-29H,11-12H2,1-6H3,(H,22,27)(H,25,26). The number of amides is 2. The van der Waals surface area contributed by atoms with Crippen molar-refractivity contribution in [2.24, 2.45) is 0 Å². The molecule has 1 saturated heterocycles. The first-order valence-corrected chi connectivity index (χ1v) is 11.5. The van der Waals surface area contributed by atoms with Crippen molar-refractivity contribution in [3.63, 3.8) is 0 Å². The maximum Gasteiger partial charge on any atom is 0.408 e. The van der Waals surface area contributed by atoms with Gasteiger partial charge in [-0.2, -0.15) is 0 Å². The van der Waals surface area contributed by atoms with Gasteiger partial charge >= 0.3 is 12.1 Å². The third-order valence-electron chi connectivity index (χ3n) is 4.63. The lowest BCUT2D eigenvalue weighted by Gasteiger charge is -2.47. The Morgan fingerprint density at radius 3 is 2.13 bits per heavy atom. The molecule has 1 aromatic rings. The summed E-state index contributed by atoms with van der Waals surface area (Å²) in [6.45, 7) is 10.3. The molecule has 2 amide bonds. The van der Waals surface area contributed by atoms with Gasteiger partial charge in [-0.05, 0) is 52.7 Å². The molecular formula is C21H32N2O7S. The fourth-order valence-electron chi connectivity index (χ4n) is 3.46. The number of aliphatic carboxylic acids is 1. The molecule has 9 nitrogen and oxygen atoms in total. The number of ether oxygens (including phenoxy) is 1. The number of carbonyl (C=O) groups excluding carboxylic acids is 2. The number of alkyl carbamates (subject to hydrolysis) is 1. The van der Waals surface area contributed by atoms with Gasteiger partial charge < -0.3 is 15.2 Å². The molecule has 1 fully saturated rings. The number of benzene rings is 1. The van der Waals surface area contributed by atoms with Gasteiger partial charge in [0.1, 0.15) is 16.9 Å². The van der Waals surface area contributed by atoms with E-state index in [-0.39, 0.29) is 18.7 Å². The molecule has 2 unspecified atom stereocenters.